The Kier molecular flexibility index (Phi) is 5.32. The Hall–Kier alpha value is -6.57. The fraction of sp³-hybridized carbons (Fsp3) is 0. The Morgan fingerprint density at radius 2 is 1.21 bits per heavy atom. The molecule has 0 saturated carbocycles. The number of benzene rings is 7. The zero-order chi connectivity index (χ0) is 31.1. The molecule has 0 saturated heterocycles. The quantitative estimate of drug-likeness (QED) is 0.203. The molecule has 3 aromatic heterocycles. The molecule has 0 unspecified atom stereocenters. The summed E-state index contributed by atoms with van der Waals surface area (Å²) in [7, 11) is 0. The van der Waals surface area contributed by atoms with Crippen LogP contribution in [-0.4, -0.2) is 4.57 Å². The van der Waals surface area contributed by atoms with Crippen molar-refractivity contribution in [2.75, 3.05) is 0 Å². The van der Waals surface area contributed by atoms with Crippen LogP contribution >= 0.6 is 0 Å². The van der Waals surface area contributed by atoms with E-state index in [0.717, 1.165) is 71.7 Å². The van der Waals surface area contributed by atoms with Gasteiger partial charge in [0, 0.05) is 32.3 Å². The zero-order valence-electron chi connectivity index (χ0n) is 25.1. The van der Waals surface area contributed by atoms with E-state index in [4.69, 9.17) is 8.83 Å². The summed E-state index contributed by atoms with van der Waals surface area (Å²) in [6.45, 7) is 0. The number of fused-ring (bicyclic) bond motifs is 9. The first kappa shape index (κ1) is 25.7. The molecule has 0 bridgehead atoms. The second-order valence-electron chi connectivity index (χ2n) is 12.0. The number of aromatic nitrogens is 1. The molecule has 3 heterocycles. The molecule has 0 fully saturated rings. The molecule has 0 aliphatic rings. The fourth-order valence-electron chi connectivity index (χ4n) is 7.36. The molecule has 10 rings (SSSR count). The molecule has 0 aliphatic carbocycles. The van der Waals surface area contributed by atoms with Crippen molar-refractivity contribution in [3.05, 3.63) is 151 Å². The van der Waals surface area contributed by atoms with Crippen LogP contribution < -0.4 is 0 Å². The van der Waals surface area contributed by atoms with Crippen LogP contribution in [0.2, 0.25) is 0 Å². The van der Waals surface area contributed by atoms with Crippen LogP contribution in [0, 0.1) is 11.3 Å². The average Bonchev–Trinajstić information content (AvgIpc) is 3.81. The number of nitrogens with zero attached hydrogens (tertiary/aromatic N) is 2. The molecule has 0 atom stereocenters. The summed E-state index contributed by atoms with van der Waals surface area (Å²) in [5.41, 5.74) is 10.9. The van der Waals surface area contributed by atoms with Gasteiger partial charge in [-0.2, -0.15) is 5.26 Å². The Labute approximate surface area is 268 Å². The lowest BCUT2D eigenvalue weighted by atomic mass is 9.96. The highest BCUT2D eigenvalue weighted by atomic mass is 16.3. The minimum absolute atomic E-state index is 0.498. The van der Waals surface area contributed by atoms with E-state index >= 15 is 0 Å². The Balaban J connectivity index is 1.26. The van der Waals surface area contributed by atoms with Gasteiger partial charge in [-0.1, -0.05) is 103 Å². The lowest BCUT2D eigenvalue weighted by molar-refractivity contribution is 0.665. The Morgan fingerprint density at radius 3 is 2.11 bits per heavy atom. The number of hydrogen-bond donors (Lipinski definition) is 0. The maximum atomic E-state index is 10.4. The van der Waals surface area contributed by atoms with E-state index in [1.807, 2.05) is 42.5 Å². The van der Waals surface area contributed by atoms with Crippen molar-refractivity contribution in [1.82, 2.24) is 4.57 Å². The van der Waals surface area contributed by atoms with Crippen molar-refractivity contribution < 1.29 is 8.83 Å². The lowest BCUT2D eigenvalue weighted by Crippen LogP contribution is -1.94. The van der Waals surface area contributed by atoms with Crippen LogP contribution in [0.1, 0.15) is 5.56 Å². The van der Waals surface area contributed by atoms with E-state index in [1.54, 1.807) is 0 Å². The van der Waals surface area contributed by atoms with E-state index in [-0.39, 0.29) is 0 Å². The summed E-state index contributed by atoms with van der Waals surface area (Å²) in [6, 6.07) is 52.6. The summed E-state index contributed by atoms with van der Waals surface area (Å²) < 4.78 is 15.2. The highest BCUT2D eigenvalue weighted by molar-refractivity contribution is 6.16. The number of furan rings is 2. The van der Waals surface area contributed by atoms with Crippen molar-refractivity contribution in [1.29, 1.82) is 5.26 Å². The van der Waals surface area contributed by atoms with Crippen molar-refractivity contribution in [3.63, 3.8) is 0 Å². The molecule has 218 valence electrons. The monoisotopic (exact) mass is 600 g/mol. The smallest absolute Gasteiger partial charge is 0.159 e. The predicted octanol–water partition coefficient (Wildman–Crippen LogP) is 11.8. The van der Waals surface area contributed by atoms with E-state index < -0.39 is 0 Å². The second-order valence-corrected chi connectivity index (χ2v) is 12.0. The van der Waals surface area contributed by atoms with E-state index in [1.165, 1.54) is 16.3 Å². The van der Waals surface area contributed by atoms with Crippen LogP contribution in [-0.2, 0) is 0 Å². The highest BCUT2D eigenvalue weighted by Gasteiger charge is 2.21. The third-order valence-electron chi connectivity index (χ3n) is 9.43. The third-order valence-corrected chi connectivity index (χ3v) is 9.43. The van der Waals surface area contributed by atoms with Gasteiger partial charge in [0.25, 0.3) is 0 Å². The normalized spacial score (nSPS) is 11.8. The SMILES string of the molecule is N#Cc1cc(-c2cccc3oc4ccccc4c23)cc2c1oc1c(-n3c4ccccc4c4ccc(-c5ccccc5)cc43)cccc12. The van der Waals surface area contributed by atoms with Gasteiger partial charge in [0.15, 0.2) is 11.2 Å². The number of nitriles is 1. The summed E-state index contributed by atoms with van der Waals surface area (Å²) in [5.74, 6) is 0. The molecule has 4 nitrogen and oxygen atoms in total. The molecule has 0 spiro atoms. The zero-order valence-corrected chi connectivity index (χ0v) is 25.1. The van der Waals surface area contributed by atoms with E-state index in [2.05, 4.69) is 114 Å². The van der Waals surface area contributed by atoms with Gasteiger partial charge < -0.3 is 13.4 Å². The Morgan fingerprint density at radius 1 is 0.468 bits per heavy atom. The molecule has 47 heavy (non-hydrogen) atoms. The first-order chi connectivity index (χ1) is 23.3. The van der Waals surface area contributed by atoms with Gasteiger partial charge in [-0.3, -0.25) is 0 Å². The standard InChI is InChI=1S/C43H24N2O2/c44-25-29-22-28(30-14-9-19-40-41(30)34-13-5-7-18-39(34)46-40)23-35-33-15-8-17-37(43(33)47-42(29)35)45-36-16-6-4-12-31(36)32-21-20-27(24-38(32)45)26-10-2-1-3-11-26/h1-24H. The number of para-hydroxylation sites is 3. The largest absolute Gasteiger partial charge is 0.456 e. The molecule has 0 N–H and O–H groups in total. The third kappa shape index (κ3) is 3.69. The van der Waals surface area contributed by atoms with Crippen molar-refractivity contribution in [3.8, 4) is 34.0 Å². The highest BCUT2D eigenvalue weighted by Crippen LogP contribution is 2.43. The van der Waals surface area contributed by atoms with Gasteiger partial charge in [0.1, 0.15) is 17.2 Å². The van der Waals surface area contributed by atoms with Crippen LogP contribution in [0.5, 0.6) is 0 Å². The number of rotatable bonds is 3. The molecule has 0 amide bonds. The predicted molar refractivity (Wildman–Crippen MR) is 191 cm³/mol. The minimum Gasteiger partial charge on any atom is -0.456 e. The first-order valence-corrected chi connectivity index (χ1v) is 15.7. The molecule has 0 aliphatic heterocycles. The van der Waals surface area contributed by atoms with Gasteiger partial charge >= 0.3 is 0 Å². The van der Waals surface area contributed by atoms with Crippen LogP contribution in [0.15, 0.2) is 154 Å². The van der Waals surface area contributed by atoms with Gasteiger partial charge in [-0.05, 0) is 64.7 Å². The van der Waals surface area contributed by atoms with Gasteiger partial charge in [0.2, 0.25) is 0 Å². The molecule has 10 aromatic rings. The molecule has 7 aromatic carbocycles. The molecule has 4 heteroatoms. The average molecular weight is 601 g/mol. The Bertz CT molecular complexity index is 2920. The van der Waals surface area contributed by atoms with Crippen molar-refractivity contribution >= 4 is 65.7 Å². The van der Waals surface area contributed by atoms with E-state index in [9.17, 15) is 5.26 Å². The topological polar surface area (TPSA) is 55.0 Å². The van der Waals surface area contributed by atoms with Crippen molar-refractivity contribution in [2.24, 2.45) is 0 Å². The fourth-order valence-corrected chi connectivity index (χ4v) is 7.36. The number of hydrogen-bond acceptors (Lipinski definition) is 3. The summed E-state index contributed by atoms with van der Waals surface area (Å²) in [5, 5.41) is 16.7. The van der Waals surface area contributed by atoms with Crippen LogP contribution in [0.25, 0.3) is 93.6 Å². The maximum Gasteiger partial charge on any atom is 0.159 e. The molecule has 0 radical (unpaired) electrons. The first-order valence-electron chi connectivity index (χ1n) is 15.7. The summed E-state index contributed by atoms with van der Waals surface area (Å²) >= 11 is 0. The molecular formula is C43H24N2O2. The summed E-state index contributed by atoms with van der Waals surface area (Å²) in [4.78, 5) is 0. The van der Waals surface area contributed by atoms with Gasteiger partial charge in [-0.15, -0.1) is 0 Å². The molecular weight excluding hydrogens is 576 g/mol. The lowest BCUT2D eigenvalue weighted by Gasteiger charge is -2.09. The second kappa shape index (κ2) is 9.71. The van der Waals surface area contributed by atoms with Crippen LogP contribution in [0.3, 0.4) is 0 Å². The summed E-state index contributed by atoms with van der Waals surface area (Å²) in [6.07, 6.45) is 0. The minimum atomic E-state index is 0.498. The van der Waals surface area contributed by atoms with E-state index in [0.29, 0.717) is 11.1 Å². The van der Waals surface area contributed by atoms with Crippen molar-refractivity contribution in [2.45, 2.75) is 0 Å². The van der Waals surface area contributed by atoms with Crippen LogP contribution in [0.4, 0.5) is 0 Å². The maximum absolute atomic E-state index is 10.4. The van der Waals surface area contributed by atoms with Gasteiger partial charge in [-0.25, -0.2) is 0 Å². The van der Waals surface area contributed by atoms with Gasteiger partial charge in [0.05, 0.1) is 22.3 Å².